The molecule has 2 aromatic heterocycles. The number of nitrogens with zero attached hydrogens (tertiary/aromatic N) is 2. The second-order valence-corrected chi connectivity index (χ2v) is 5.38. The molecule has 0 aliphatic heterocycles. The molecule has 0 aliphatic rings. The number of rotatable bonds is 2. The second-order valence-electron chi connectivity index (χ2n) is 5.00. The maximum absolute atomic E-state index is 12.1. The zero-order valence-electron chi connectivity index (χ0n) is 10.9. The fourth-order valence-corrected chi connectivity index (χ4v) is 1.72. The van der Waals surface area contributed by atoms with Crippen LogP contribution in [0.1, 0.15) is 31.3 Å². The highest BCUT2D eigenvalue weighted by atomic mass is 35.5. The van der Waals surface area contributed by atoms with Gasteiger partial charge in [-0.3, -0.25) is 0 Å². The van der Waals surface area contributed by atoms with Crippen molar-refractivity contribution in [1.29, 1.82) is 0 Å². The lowest BCUT2D eigenvalue weighted by Gasteiger charge is -2.19. The molecular weight excluding hydrogens is 266 g/mol. The summed E-state index contributed by atoms with van der Waals surface area (Å²) in [6.45, 7) is 5.43. The van der Waals surface area contributed by atoms with Gasteiger partial charge in [-0.25, -0.2) is 14.8 Å². The molecule has 1 N–H and O–H groups in total. The van der Waals surface area contributed by atoms with Gasteiger partial charge in [0.25, 0.3) is 0 Å². The standard InChI is InChI=1S/C13H14ClN3O2/c1-13(2,3)19-12(18)11-10(16-7-17-11)8-4-5-15-9(14)6-8/h4-7H,1-3H3,(H,16,17). The van der Waals surface area contributed by atoms with Gasteiger partial charge in [-0.2, -0.15) is 0 Å². The Morgan fingerprint density at radius 3 is 2.74 bits per heavy atom. The number of pyridine rings is 1. The van der Waals surface area contributed by atoms with Crippen molar-refractivity contribution < 1.29 is 9.53 Å². The van der Waals surface area contributed by atoms with Crippen molar-refractivity contribution in [2.24, 2.45) is 0 Å². The lowest BCUT2D eigenvalue weighted by atomic mass is 10.1. The van der Waals surface area contributed by atoms with Crippen molar-refractivity contribution in [3.63, 3.8) is 0 Å². The predicted octanol–water partition coefficient (Wildman–Crippen LogP) is 3.08. The van der Waals surface area contributed by atoms with E-state index in [2.05, 4.69) is 15.0 Å². The van der Waals surface area contributed by atoms with E-state index in [1.54, 1.807) is 18.3 Å². The molecule has 0 saturated carbocycles. The lowest BCUT2D eigenvalue weighted by Crippen LogP contribution is -2.24. The topological polar surface area (TPSA) is 67.9 Å². The molecule has 0 aromatic carbocycles. The first-order valence-electron chi connectivity index (χ1n) is 5.75. The maximum atomic E-state index is 12.1. The SMILES string of the molecule is CC(C)(C)OC(=O)c1[nH]cnc1-c1ccnc(Cl)c1. The number of hydrogen-bond acceptors (Lipinski definition) is 4. The van der Waals surface area contributed by atoms with Crippen LogP contribution < -0.4 is 0 Å². The zero-order valence-corrected chi connectivity index (χ0v) is 11.7. The first kappa shape index (κ1) is 13.5. The number of nitrogens with one attached hydrogen (secondary N) is 1. The first-order chi connectivity index (χ1) is 8.87. The van der Waals surface area contributed by atoms with E-state index < -0.39 is 11.6 Å². The monoisotopic (exact) mass is 279 g/mol. The third-order valence-corrected chi connectivity index (χ3v) is 2.45. The number of esters is 1. The highest BCUT2D eigenvalue weighted by Gasteiger charge is 2.22. The number of aromatic nitrogens is 3. The lowest BCUT2D eigenvalue weighted by molar-refractivity contribution is 0.00645. The predicted molar refractivity (Wildman–Crippen MR) is 72.0 cm³/mol. The minimum absolute atomic E-state index is 0.303. The summed E-state index contributed by atoms with van der Waals surface area (Å²) in [5.41, 5.74) is 0.952. The van der Waals surface area contributed by atoms with Gasteiger partial charge in [-0.05, 0) is 32.9 Å². The second kappa shape index (κ2) is 5.01. The third kappa shape index (κ3) is 3.32. The van der Waals surface area contributed by atoms with Crippen molar-refractivity contribution in [3.05, 3.63) is 35.5 Å². The van der Waals surface area contributed by atoms with Gasteiger partial charge < -0.3 is 9.72 Å². The fraction of sp³-hybridized carbons (Fsp3) is 0.308. The van der Waals surface area contributed by atoms with Gasteiger partial charge in [-0.15, -0.1) is 0 Å². The van der Waals surface area contributed by atoms with Crippen molar-refractivity contribution in [1.82, 2.24) is 15.0 Å². The van der Waals surface area contributed by atoms with Gasteiger partial charge in [0.1, 0.15) is 16.4 Å². The summed E-state index contributed by atoms with van der Waals surface area (Å²) in [5, 5.41) is 0.343. The van der Waals surface area contributed by atoms with Crippen molar-refractivity contribution >= 4 is 17.6 Å². The third-order valence-electron chi connectivity index (χ3n) is 2.24. The van der Waals surface area contributed by atoms with E-state index in [1.807, 2.05) is 20.8 Å². The molecule has 0 radical (unpaired) electrons. The molecule has 0 spiro atoms. The Labute approximate surface area is 116 Å². The summed E-state index contributed by atoms with van der Waals surface area (Å²) in [7, 11) is 0. The van der Waals surface area contributed by atoms with Gasteiger partial charge in [0.15, 0.2) is 5.69 Å². The van der Waals surface area contributed by atoms with Gasteiger partial charge in [0.2, 0.25) is 0 Å². The van der Waals surface area contributed by atoms with Crippen LogP contribution in [0.5, 0.6) is 0 Å². The molecule has 2 rings (SSSR count). The highest BCUT2D eigenvalue weighted by Crippen LogP contribution is 2.23. The van der Waals surface area contributed by atoms with E-state index in [1.165, 1.54) is 6.33 Å². The van der Waals surface area contributed by atoms with Crippen LogP contribution in [0.15, 0.2) is 24.7 Å². The van der Waals surface area contributed by atoms with Gasteiger partial charge in [0, 0.05) is 11.8 Å². The van der Waals surface area contributed by atoms with Crippen LogP contribution in [0.4, 0.5) is 0 Å². The van der Waals surface area contributed by atoms with E-state index in [0.717, 1.165) is 0 Å². The minimum Gasteiger partial charge on any atom is -0.455 e. The average molecular weight is 280 g/mol. The molecule has 5 nitrogen and oxygen atoms in total. The Morgan fingerprint density at radius 2 is 2.11 bits per heavy atom. The average Bonchev–Trinajstić information content (AvgIpc) is 2.75. The molecule has 19 heavy (non-hydrogen) atoms. The number of halogens is 1. The number of ether oxygens (including phenoxy) is 1. The molecule has 0 unspecified atom stereocenters. The van der Waals surface area contributed by atoms with Gasteiger partial charge >= 0.3 is 5.97 Å². The quantitative estimate of drug-likeness (QED) is 0.677. The molecule has 0 fully saturated rings. The number of H-pyrrole nitrogens is 1. The molecule has 2 heterocycles. The fourth-order valence-electron chi connectivity index (χ4n) is 1.55. The van der Waals surface area contributed by atoms with Crippen molar-refractivity contribution in [3.8, 4) is 11.3 Å². The molecule has 0 aliphatic carbocycles. The summed E-state index contributed by atoms with van der Waals surface area (Å²) in [6, 6.07) is 3.38. The smallest absolute Gasteiger partial charge is 0.357 e. The Hall–Kier alpha value is -1.88. The molecule has 6 heteroatoms. The van der Waals surface area contributed by atoms with E-state index >= 15 is 0 Å². The number of aromatic amines is 1. The number of carbonyl (C=O) groups excluding carboxylic acids is 1. The zero-order chi connectivity index (χ0) is 14.0. The van der Waals surface area contributed by atoms with Crippen LogP contribution in [-0.2, 0) is 4.74 Å². The number of hydrogen-bond donors (Lipinski definition) is 1. The summed E-state index contributed by atoms with van der Waals surface area (Å²) in [6.07, 6.45) is 3.01. The summed E-state index contributed by atoms with van der Waals surface area (Å²) >= 11 is 5.83. The van der Waals surface area contributed by atoms with E-state index in [9.17, 15) is 4.79 Å². The normalized spacial score (nSPS) is 11.4. The minimum atomic E-state index is -0.560. The van der Waals surface area contributed by atoms with Crippen LogP contribution >= 0.6 is 11.6 Å². The molecule has 100 valence electrons. The molecule has 0 atom stereocenters. The Morgan fingerprint density at radius 1 is 1.37 bits per heavy atom. The Balaban J connectivity index is 2.35. The molecule has 0 amide bonds. The van der Waals surface area contributed by atoms with Crippen molar-refractivity contribution in [2.75, 3.05) is 0 Å². The van der Waals surface area contributed by atoms with Crippen LogP contribution in [0, 0.1) is 0 Å². The Bertz CT molecular complexity index is 602. The summed E-state index contributed by atoms with van der Waals surface area (Å²) < 4.78 is 5.32. The molecule has 0 saturated heterocycles. The van der Waals surface area contributed by atoms with Crippen LogP contribution in [-0.4, -0.2) is 26.5 Å². The summed E-state index contributed by atoms with van der Waals surface area (Å²) in [4.78, 5) is 22.9. The first-order valence-corrected chi connectivity index (χ1v) is 6.13. The van der Waals surface area contributed by atoms with E-state index in [4.69, 9.17) is 16.3 Å². The van der Waals surface area contributed by atoms with Crippen LogP contribution in [0.2, 0.25) is 5.15 Å². The van der Waals surface area contributed by atoms with Gasteiger partial charge in [0.05, 0.1) is 6.33 Å². The van der Waals surface area contributed by atoms with E-state index in [0.29, 0.717) is 22.1 Å². The van der Waals surface area contributed by atoms with Crippen LogP contribution in [0.25, 0.3) is 11.3 Å². The van der Waals surface area contributed by atoms with Crippen LogP contribution in [0.3, 0.4) is 0 Å². The molecule has 0 bridgehead atoms. The number of carbonyl (C=O) groups is 1. The van der Waals surface area contributed by atoms with Gasteiger partial charge in [-0.1, -0.05) is 11.6 Å². The highest BCUT2D eigenvalue weighted by molar-refractivity contribution is 6.29. The Kier molecular flexibility index (Phi) is 3.57. The van der Waals surface area contributed by atoms with E-state index in [-0.39, 0.29) is 0 Å². The molecule has 2 aromatic rings. The maximum Gasteiger partial charge on any atom is 0.357 e. The van der Waals surface area contributed by atoms with Crippen molar-refractivity contribution in [2.45, 2.75) is 26.4 Å². The summed E-state index contributed by atoms with van der Waals surface area (Å²) in [5.74, 6) is -0.451. The molecular formula is C13H14ClN3O2. The largest absolute Gasteiger partial charge is 0.455 e. The number of imidazole rings is 1.